The van der Waals surface area contributed by atoms with Gasteiger partial charge in [0.2, 0.25) is 0 Å². The zero-order valence-corrected chi connectivity index (χ0v) is 6.28. The van der Waals surface area contributed by atoms with Gasteiger partial charge in [0.25, 0.3) is 0 Å². The van der Waals surface area contributed by atoms with Gasteiger partial charge in [-0.1, -0.05) is 18.6 Å². The van der Waals surface area contributed by atoms with Gasteiger partial charge in [-0.3, -0.25) is 0 Å². The monoisotopic (exact) mass is 144 g/mol. The maximum absolute atomic E-state index is 4.66. The highest BCUT2D eigenvalue weighted by Gasteiger charge is 2.06. The van der Waals surface area contributed by atoms with Crippen molar-refractivity contribution in [3.05, 3.63) is 0 Å². The van der Waals surface area contributed by atoms with Crippen LogP contribution in [-0.4, -0.2) is 23.6 Å². The summed E-state index contributed by atoms with van der Waals surface area (Å²) in [6, 6.07) is 0. The van der Waals surface area contributed by atoms with Gasteiger partial charge in [0.15, 0.2) is 0 Å². The molecule has 0 atom stereocenters. The van der Waals surface area contributed by atoms with Gasteiger partial charge in [0, 0.05) is 13.1 Å². The third kappa shape index (κ3) is 2.28. The first-order chi connectivity index (χ1) is 4.43. The number of nitrogens with zero attached hydrogens (tertiary/aromatic N) is 1. The molecule has 1 N–H and O–H groups in total. The van der Waals surface area contributed by atoms with E-state index in [1.54, 1.807) is 5.49 Å². The molecule has 1 saturated heterocycles. The first-order valence-electron chi connectivity index (χ1n) is 3.38. The molecule has 2 nitrogen and oxygen atoms in total. The van der Waals surface area contributed by atoms with E-state index >= 15 is 0 Å². The molecule has 0 radical (unpaired) electrons. The Morgan fingerprint density at radius 3 is 2.44 bits per heavy atom. The van der Waals surface area contributed by atoms with Crippen LogP contribution in [0.1, 0.15) is 19.3 Å². The molecule has 3 heteroatoms. The molecule has 0 unspecified atom stereocenters. The van der Waals surface area contributed by atoms with Crippen molar-refractivity contribution in [2.45, 2.75) is 19.3 Å². The fraction of sp³-hybridized carbons (Fsp3) is 0.833. The Hall–Kier alpha value is -0.150. The zero-order valence-electron chi connectivity index (χ0n) is 5.47. The minimum absolute atomic E-state index is 1.15. The number of hydrogen-bond acceptors (Lipinski definition) is 2. The lowest BCUT2D eigenvalue weighted by Crippen LogP contribution is -2.40. The smallest absolute Gasteiger partial charge is 0.0759 e. The topological polar surface area (TPSA) is 15.3 Å². The Balaban J connectivity index is 2.15. The van der Waals surface area contributed by atoms with Gasteiger partial charge in [-0.15, -0.1) is 0 Å². The summed E-state index contributed by atoms with van der Waals surface area (Å²) in [4.78, 5) is 0. The van der Waals surface area contributed by atoms with Crippen molar-refractivity contribution in [2.75, 3.05) is 13.1 Å². The normalized spacial score (nSPS) is 21.3. The molecule has 0 aromatic heterocycles. The van der Waals surface area contributed by atoms with Crippen LogP contribution in [0.3, 0.4) is 0 Å². The fourth-order valence-corrected chi connectivity index (χ4v) is 1.25. The van der Waals surface area contributed by atoms with Gasteiger partial charge in [0.1, 0.15) is 0 Å². The Kier molecular flexibility index (Phi) is 2.94. The molecule has 1 aliphatic heterocycles. The predicted octanol–water partition coefficient (Wildman–Crippen LogP) is 0.934. The summed E-state index contributed by atoms with van der Waals surface area (Å²) >= 11 is 4.66. The molecule has 1 fully saturated rings. The van der Waals surface area contributed by atoms with E-state index in [2.05, 4.69) is 22.7 Å². The molecule has 1 heterocycles. The van der Waals surface area contributed by atoms with E-state index in [0.717, 1.165) is 13.1 Å². The average molecular weight is 144 g/mol. The Morgan fingerprint density at radius 2 is 1.89 bits per heavy atom. The molecule has 9 heavy (non-hydrogen) atoms. The highest BCUT2D eigenvalue weighted by Crippen LogP contribution is 2.04. The van der Waals surface area contributed by atoms with Crippen molar-refractivity contribution in [2.24, 2.45) is 0 Å². The first-order valence-corrected chi connectivity index (χ1v) is 3.85. The molecule has 52 valence electrons. The molecule has 0 bridgehead atoms. The van der Waals surface area contributed by atoms with Crippen LogP contribution < -0.4 is 5.43 Å². The standard InChI is InChI=1S/C6H12N2S/c9-6-7-8-4-2-1-3-5-8/h6H,1-5H2,(H,7,9). The Labute approximate surface area is 61.2 Å². The third-order valence-electron chi connectivity index (χ3n) is 1.59. The summed E-state index contributed by atoms with van der Waals surface area (Å²) in [5, 5.41) is 2.16. The Bertz CT molecular complexity index is 89.1. The van der Waals surface area contributed by atoms with E-state index in [0.29, 0.717) is 0 Å². The number of hydrogen-bond donors (Lipinski definition) is 1. The van der Waals surface area contributed by atoms with E-state index < -0.39 is 0 Å². The van der Waals surface area contributed by atoms with Gasteiger partial charge in [0.05, 0.1) is 5.49 Å². The van der Waals surface area contributed by atoms with Crippen LogP contribution in [0, 0.1) is 0 Å². The molecule has 0 amide bonds. The minimum atomic E-state index is 1.15. The van der Waals surface area contributed by atoms with Crippen molar-refractivity contribution in [3.8, 4) is 0 Å². The SMILES string of the molecule is S=CNN1CCCCC1. The van der Waals surface area contributed by atoms with E-state index in [1.807, 2.05) is 0 Å². The van der Waals surface area contributed by atoms with Crippen LogP contribution in [0.4, 0.5) is 0 Å². The molecule has 0 aromatic carbocycles. The van der Waals surface area contributed by atoms with Crippen molar-refractivity contribution >= 4 is 17.7 Å². The van der Waals surface area contributed by atoms with Crippen molar-refractivity contribution in [3.63, 3.8) is 0 Å². The van der Waals surface area contributed by atoms with Gasteiger partial charge in [-0.2, -0.15) is 0 Å². The lowest BCUT2D eigenvalue weighted by molar-refractivity contribution is 0.198. The van der Waals surface area contributed by atoms with Gasteiger partial charge < -0.3 is 5.43 Å². The number of nitrogens with one attached hydrogen (secondary N) is 1. The second-order valence-electron chi connectivity index (χ2n) is 2.29. The van der Waals surface area contributed by atoms with E-state index in [1.165, 1.54) is 19.3 Å². The van der Waals surface area contributed by atoms with Crippen molar-refractivity contribution in [1.29, 1.82) is 0 Å². The quantitative estimate of drug-likeness (QED) is 0.580. The highest BCUT2D eigenvalue weighted by molar-refractivity contribution is 7.78. The van der Waals surface area contributed by atoms with Crippen LogP contribution in [-0.2, 0) is 0 Å². The van der Waals surface area contributed by atoms with Crippen LogP contribution >= 0.6 is 12.2 Å². The van der Waals surface area contributed by atoms with Gasteiger partial charge in [-0.05, 0) is 12.8 Å². The van der Waals surface area contributed by atoms with Gasteiger partial charge >= 0.3 is 0 Å². The first kappa shape index (κ1) is 6.96. The number of piperidine rings is 1. The summed E-state index contributed by atoms with van der Waals surface area (Å²) in [5.41, 5.74) is 4.58. The summed E-state index contributed by atoms with van der Waals surface area (Å²) < 4.78 is 0. The Morgan fingerprint density at radius 1 is 1.22 bits per heavy atom. The molecular formula is C6H12N2S. The maximum atomic E-state index is 4.66. The lowest BCUT2D eigenvalue weighted by Gasteiger charge is -2.25. The van der Waals surface area contributed by atoms with Crippen molar-refractivity contribution in [1.82, 2.24) is 10.4 Å². The van der Waals surface area contributed by atoms with Gasteiger partial charge in [-0.25, -0.2) is 5.01 Å². The largest absolute Gasteiger partial charge is 0.315 e. The van der Waals surface area contributed by atoms with E-state index in [-0.39, 0.29) is 0 Å². The van der Waals surface area contributed by atoms with Crippen molar-refractivity contribution < 1.29 is 0 Å². The summed E-state index contributed by atoms with van der Waals surface area (Å²) in [6.07, 6.45) is 3.97. The summed E-state index contributed by atoms with van der Waals surface area (Å²) in [7, 11) is 0. The second kappa shape index (κ2) is 3.80. The molecule has 0 aromatic rings. The van der Waals surface area contributed by atoms with Crippen LogP contribution in [0.5, 0.6) is 0 Å². The summed E-state index contributed by atoms with van der Waals surface area (Å²) in [5.74, 6) is 0. The highest BCUT2D eigenvalue weighted by atomic mass is 32.1. The number of thiocarbonyl (C=S) groups is 1. The number of rotatable bonds is 2. The molecule has 0 spiro atoms. The van der Waals surface area contributed by atoms with E-state index in [4.69, 9.17) is 0 Å². The maximum Gasteiger partial charge on any atom is 0.0759 e. The fourth-order valence-electron chi connectivity index (χ4n) is 1.10. The minimum Gasteiger partial charge on any atom is -0.315 e. The lowest BCUT2D eigenvalue weighted by atomic mass is 10.2. The van der Waals surface area contributed by atoms with Crippen LogP contribution in [0.2, 0.25) is 0 Å². The molecule has 1 rings (SSSR count). The molecule has 1 aliphatic rings. The third-order valence-corrected chi connectivity index (χ3v) is 1.70. The zero-order chi connectivity index (χ0) is 6.53. The average Bonchev–Trinajstić information content (AvgIpc) is 1.91. The second-order valence-corrected chi connectivity index (χ2v) is 2.53. The molecular weight excluding hydrogens is 132 g/mol. The van der Waals surface area contributed by atoms with Crippen LogP contribution in [0.25, 0.3) is 0 Å². The predicted molar refractivity (Wildman–Crippen MR) is 42.2 cm³/mol. The molecule has 0 aliphatic carbocycles. The van der Waals surface area contributed by atoms with E-state index in [9.17, 15) is 0 Å². The summed E-state index contributed by atoms with van der Waals surface area (Å²) in [6.45, 7) is 2.29. The molecule has 0 saturated carbocycles. The number of hydrazine groups is 1. The van der Waals surface area contributed by atoms with Crippen LogP contribution in [0.15, 0.2) is 0 Å².